The summed E-state index contributed by atoms with van der Waals surface area (Å²) in [5, 5.41) is 10.2. The van der Waals surface area contributed by atoms with Crippen molar-refractivity contribution in [3.8, 4) is 0 Å². The van der Waals surface area contributed by atoms with E-state index in [4.69, 9.17) is 0 Å². The first-order valence-electron chi connectivity index (χ1n) is 19.8. The maximum atomic E-state index is 4.15. The smallest absolute Gasteiger partial charge is 0.0539 e. The Morgan fingerprint density at radius 1 is 0.673 bits per heavy atom. The number of hydrogen-bond acceptors (Lipinski definition) is 1. The van der Waals surface area contributed by atoms with E-state index >= 15 is 0 Å². The number of hydrogen-bond donors (Lipinski definition) is 0. The predicted octanol–water partition coefficient (Wildman–Crippen LogP) is 15.5. The van der Waals surface area contributed by atoms with Crippen LogP contribution in [-0.2, 0) is 6.42 Å². The normalized spacial score (nSPS) is 13.3. The second-order valence-electron chi connectivity index (χ2n) is 14.2. The quantitative estimate of drug-likeness (QED) is 0.0849. The molecule has 55 heavy (non-hydrogen) atoms. The van der Waals surface area contributed by atoms with Gasteiger partial charge in [-0.15, -0.1) is 0 Å². The molecule has 7 aromatic rings. The van der Waals surface area contributed by atoms with Crippen LogP contribution in [0.5, 0.6) is 0 Å². The van der Waals surface area contributed by atoms with Gasteiger partial charge in [0, 0.05) is 16.8 Å². The summed E-state index contributed by atoms with van der Waals surface area (Å²) in [5.74, 6) is 0.197. The van der Waals surface area contributed by atoms with Gasteiger partial charge in [0.15, 0.2) is 0 Å². The number of fused-ring (bicyclic) bond motifs is 5. The van der Waals surface area contributed by atoms with Crippen molar-refractivity contribution in [1.82, 2.24) is 0 Å². The van der Waals surface area contributed by atoms with E-state index in [2.05, 4.69) is 215 Å². The topological polar surface area (TPSA) is 3.24 Å². The lowest BCUT2D eigenvalue weighted by Crippen LogP contribution is -2.20. The molecule has 1 nitrogen and oxygen atoms in total. The summed E-state index contributed by atoms with van der Waals surface area (Å²) in [7, 11) is 0. The zero-order valence-electron chi connectivity index (χ0n) is 32.7. The van der Waals surface area contributed by atoms with Crippen LogP contribution in [0.4, 0.5) is 5.69 Å². The predicted molar refractivity (Wildman–Crippen MR) is 244 cm³/mol. The molecular formula is C54H51N. The molecule has 0 bridgehead atoms. The van der Waals surface area contributed by atoms with Crippen molar-refractivity contribution < 1.29 is 0 Å². The van der Waals surface area contributed by atoms with Gasteiger partial charge >= 0.3 is 0 Å². The van der Waals surface area contributed by atoms with E-state index in [9.17, 15) is 0 Å². The van der Waals surface area contributed by atoms with Gasteiger partial charge < -0.3 is 4.90 Å². The van der Waals surface area contributed by atoms with Crippen LogP contribution in [0.25, 0.3) is 55.2 Å². The van der Waals surface area contributed by atoms with Gasteiger partial charge in [0.2, 0.25) is 0 Å². The van der Waals surface area contributed by atoms with Crippen LogP contribution in [0.1, 0.15) is 68.7 Å². The van der Waals surface area contributed by atoms with Crippen molar-refractivity contribution in [1.29, 1.82) is 0 Å². The molecule has 0 aliphatic carbocycles. The lowest BCUT2D eigenvalue weighted by molar-refractivity contribution is 0.975. The van der Waals surface area contributed by atoms with Crippen molar-refractivity contribution in [3.63, 3.8) is 0 Å². The maximum Gasteiger partial charge on any atom is 0.0539 e. The molecule has 7 rings (SSSR count). The van der Waals surface area contributed by atoms with E-state index in [0.717, 1.165) is 25.0 Å². The molecule has 0 saturated heterocycles. The molecule has 1 unspecified atom stereocenters. The minimum atomic E-state index is 0.197. The molecule has 0 fully saturated rings. The highest BCUT2D eigenvalue weighted by atomic mass is 15.2. The van der Waals surface area contributed by atoms with E-state index < -0.39 is 0 Å². The average molecular weight is 714 g/mol. The third kappa shape index (κ3) is 7.75. The van der Waals surface area contributed by atoms with Crippen molar-refractivity contribution in [2.24, 2.45) is 0 Å². The summed E-state index contributed by atoms with van der Waals surface area (Å²) in [6, 6.07) is 46.4. The van der Waals surface area contributed by atoms with Crippen molar-refractivity contribution in [2.75, 3.05) is 4.90 Å². The average Bonchev–Trinajstić information content (AvgIpc) is 3.23. The Morgan fingerprint density at radius 3 is 2.05 bits per heavy atom. The first kappa shape index (κ1) is 37.1. The van der Waals surface area contributed by atoms with E-state index in [1.165, 1.54) is 76.7 Å². The molecular weight excluding hydrogens is 663 g/mol. The number of allylic oxidation sites excluding steroid dienone is 7. The molecule has 0 saturated carbocycles. The summed E-state index contributed by atoms with van der Waals surface area (Å²) in [4.78, 5) is 2.45. The van der Waals surface area contributed by atoms with Crippen LogP contribution in [0, 0.1) is 0 Å². The third-order valence-electron chi connectivity index (χ3n) is 10.7. The zero-order chi connectivity index (χ0) is 38.1. The van der Waals surface area contributed by atoms with Gasteiger partial charge in [-0.1, -0.05) is 178 Å². The van der Waals surface area contributed by atoms with Crippen LogP contribution < -0.4 is 4.90 Å². The summed E-state index contributed by atoms with van der Waals surface area (Å²) in [6.07, 6.45) is 23.0. The second kappa shape index (κ2) is 17.3. The molecule has 0 spiro atoms. The molecule has 272 valence electrons. The van der Waals surface area contributed by atoms with Crippen LogP contribution in [0.15, 0.2) is 188 Å². The van der Waals surface area contributed by atoms with E-state index in [0.29, 0.717) is 0 Å². The highest BCUT2D eigenvalue weighted by molar-refractivity contribution is 6.09. The van der Waals surface area contributed by atoms with E-state index in [-0.39, 0.29) is 5.92 Å². The Kier molecular flexibility index (Phi) is 11.7. The molecule has 0 amide bonds. The molecule has 1 atom stereocenters. The van der Waals surface area contributed by atoms with Crippen molar-refractivity contribution >= 4 is 60.9 Å². The highest BCUT2D eigenvalue weighted by Gasteiger charge is 2.18. The SMILES string of the molecule is C=Cc1cc(CCC=C/C(=C\CC)N(C(/C=C\C(C)c2cc3ccccc3c3ccccc23)=C/C)c2cccc3ccccc23)c2ccccc2c1/C=C\C. The molecule has 0 N–H and O–H groups in total. The standard InChI is InChI=1S/C54H51N/c1-6-21-45(27-13-10-24-42-37-40(8-3)46(22-7-2)50-31-17-16-29-47(42)50)55(54-34-20-26-41-23-11-15-30-49(41)54)44(9-4)36-35-39(5)53-38-43-25-12-14-28-48(43)51-32-18-19-33-52(51)53/h7-9,11-23,25-39H,3,6,10,24H2,1-2,4-5H3/b22-7-,27-13?,36-35-,44-9+,45-21+. The van der Waals surface area contributed by atoms with Gasteiger partial charge in [-0.3, -0.25) is 0 Å². The van der Waals surface area contributed by atoms with Crippen LogP contribution in [0.2, 0.25) is 0 Å². The largest absolute Gasteiger partial charge is 0.311 e. The number of nitrogens with zero attached hydrogens (tertiary/aromatic N) is 1. The third-order valence-corrected chi connectivity index (χ3v) is 10.7. The maximum absolute atomic E-state index is 4.15. The molecule has 0 aromatic heterocycles. The van der Waals surface area contributed by atoms with Crippen LogP contribution in [0.3, 0.4) is 0 Å². The molecule has 7 aromatic carbocycles. The molecule has 1 heteroatoms. The first-order valence-corrected chi connectivity index (χ1v) is 19.8. The first-order chi connectivity index (χ1) is 27.1. The molecule has 0 aliphatic heterocycles. The summed E-state index contributed by atoms with van der Waals surface area (Å²) >= 11 is 0. The van der Waals surface area contributed by atoms with Gasteiger partial charge in [0.25, 0.3) is 0 Å². The Labute approximate surface area is 327 Å². The van der Waals surface area contributed by atoms with E-state index in [1.54, 1.807) is 0 Å². The summed E-state index contributed by atoms with van der Waals surface area (Å²) in [6.45, 7) is 12.9. The number of aryl methyl sites for hydroxylation is 1. The van der Waals surface area contributed by atoms with Crippen molar-refractivity contribution in [2.45, 2.75) is 52.9 Å². The molecule has 0 radical (unpaired) electrons. The fraction of sp³-hybridized carbons (Fsp3) is 0.148. The Balaban J connectivity index is 1.25. The van der Waals surface area contributed by atoms with Gasteiger partial charge in [-0.05, 0) is 123 Å². The Hall–Kier alpha value is -6.18. The molecule has 0 aliphatic rings. The van der Waals surface area contributed by atoms with E-state index in [1.807, 2.05) is 6.08 Å². The van der Waals surface area contributed by atoms with Gasteiger partial charge in [-0.25, -0.2) is 0 Å². The van der Waals surface area contributed by atoms with Crippen molar-refractivity contribution in [3.05, 3.63) is 210 Å². The Bertz CT molecular complexity index is 2640. The number of anilines is 1. The van der Waals surface area contributed by atoms with Gasteiger partial charge in [0.05, 0.1) is 5.69 Å². The number of benzene rings is 7. The Morgan fingerprint density at radius 2 is 1.33 bits per heavy atom. The minimum absolute atomic E-state index is 0.197. The summed E-state index contributed by atoms with van der Waals surface area (Å²) in [5.41, 5.74) is 8.58. The molecule has 0 heterocycles. The monoisotopic (exact) mass is 713 g/mol. The van der Waals surface area contributed by atoms with Crippen LogP contribution >= 0.6 is 0 Å². The van der Waals surface area contributed by atoms with Crippen LogP contribution in [-0.4, -0.2) is 0 Å². The zero-order valence-corrected chi connectivity index (χ0v) is 32.7. The van der Waals surface area contributed by atoms with Gasteiger partial charge in [-0.2, -0.15) is 0 Å². The lowest BCUT2D eigenvalue weighted by atomic mass is 9.90. The minimum Gasteiger partial charge on any atom is -0.311 e. The fourth-order valence-electron chi connectivity index (χ4n) is 8.05. The summed E-state index contributed by atoms with van der Waals surface area (Å²) < 4.78 is 0. The lowest BCUT2D eigenvalue weighted by Gasteiger charge is -2.29. The van der Waals surface area contributed by atoms with Gasteiger partial charge in [0.1, 0.15) is 0 Å². The highest BCUT2D eigenvalue weighted by Crippen LogP contribution is 2.36. The fourth-order valence-corrected chi connectivity index (χ4v) is 8.05. The second-order valence-corrected chi connectivity index (χ2v) is 14.2. The number of rotatable bonds is 13.